The molecule has 0 bridgehead atoms. The van der Waals surface area contributed by atoms with Crippen molar-refractivity contribution < 1.29 is 4.79 Å². The maximum atomic E-state index is 11.8. The predicted molar refractivity (Wildman–Crippen MR) is 91.9 cm³/mol. The molecule has 0 aliphatic heterocycles. The van der Waals surface area contributed by atoms with Gasteiger partial charge >= 0.3 is 0 Å². The van der Waals surface area contributed by atoms with Gasteiger partial charge in [0.2, 0.25) is 5.91 Å². The highest BCUT2D eigenvalue weighted by Crippen LogP contribution is 2.11. The number of anilines is 1. The van der Waals surface area contributed by atoms with Gasteiger partial charge in [0.05, 0.1) is 5.75 Å². The molecule has 2 aromatic carbocycles. The summed E-state index contributed by atoms with van der Waals surface area (Å²) < 4.78 is 0. The summed E-state index contributed by atoms with van der Waals surface area (Å²) in [6.07, 6.45) is 2.18. The van der Waals surface area contributed by atoms with Crippen molar-refractivity contribution in [3.63, 3.8) is 0 Å². The van der Waals surface area contributed by atoms with Crippen molar-refractivity contribution in [2.75, 3.05) is 16.8 Å². The molecule has 0 spiro atoms. The minimum atomic E-state index is 0.0727. The number of nitrogens with one attached hydrogen (secondary N) is 1. The number of hydrogen-bond acceptors (Lipinski definition) is 2. The first kappa shape index (κ1) is 15.6. The first-order valence-electron chi connectivity index (χ1n) is 7.22. The van der Waals surface area contributed by atoms with Gasteiger partial charge in [-0.3, -0.25) is 4.79 Å². The van der Waals surface area contributed by atoms with E-state index in [0.29, 0.717) is 5.75 Å². The lowest BCUT2D eigenvalue weighted by Crippen LogP contribution is -2.14. The molecule has 1 amide bonds. The second-order valence-electron chi connectivity index (χ2n) is 5.06. The molecule has 0 unspecified atom stereocenters. The molecule has 0 heterocycles. The Balaban J connectivity index is 1.60. The van der Waals surface area contributed by atoms with Crippen LogP contribution in [0.25, 0.3) is 0 Å². The van der Waals surface area contributed by atoms with E-state index in [0.717, 1.165) is 24.3 Å². The zero-order valence-corrected chi connectivity index (χ0v) is 13.2. The average Bonchev–Trinajstić information content (AvgIpc) is 2.50. The van der Waals surface area contributed by atoms with Crippen molar-refractivity contribution in [1.82, 2.24) is 0 Å². The SMILES string of the molecule is Cc1ccc(NC(=O)CSCCCc2ccccc2)cc1. The number of amides is 1. The van der Waals surface area contributed by atoms with E-state index >= 15 is 0 Å². The van der Waals surface area contributed by atoms with E-state index in [1.54, 1.807) is 11.8 Å². The molecule has 0 aliphatic carbocycles. The van der Waals surface area contributed by atoms with Gasteiger partial charge < -0.3 is 5.32 Å². The standard InChI is InChI=1S/C18H21NOS/c1-15-9-11-17(12-10-15)19-18(20)14-21-13-5-8-16-6-3-2-4-7-16/h2-4,6-7,9-12H,5,8,13-14H2,1H3,(H,19,20). The first-order chi connectivity index (χ1) is 10.2. The Morgan fingerprint density at radius 3 is 2.48 bits per heavy atom. The summed E-state index contributed by atoms with van der Waals surface area (Å²) in [6, 6.07) is 18.3. The van der Waals surface area contributed by atoms with Crippen molar-refractivity contribution in [3.05, 3.63) is 65.7 Å². The molecule has 2 rings (SSSR count). The minimum absolute atomic E-state index is 0.0727. The second-order valence-corrected chi connectivity index (χ2v) is 6.16. The zero-order chi connectivity index (χ0) is 14.9. The molecular weight excluding hydrogens is 278 g/mol. The van der Waals surface area contributed by atoms with Gasteiger partial charge in [-0.1, -0.05) is 48.0 Å². The summed E-state index contributed by atoms with van der Waals surface area (Å²) in [7, 11) is 0. The van der Waals surface area contributed by atoms with Crippen molar-refractivity contribution in [3.8, 4) is 0 Å². The van der Waals surface area contributed by atoms with Crippen LogP contribution >= 0.6 is 11.8 Å². The average molecular weight is 299 g/mol. The molecule has 0 radical (unpaired) electrons. The molecule has 3 heteroatoms. The highest BCUT2D eigenvalue weighted by Gasteiger charge is 2.02. The molecule has 1 N–H and O–H groups in total. The molecule has 110 valence electrons. The molecule has 0 saturated carbocycles. The fraction of sp³-hybridized carbons (Fsp3) is 0.278. The molecule has 2 nitrogen and oxygen atoms in total. The van der Waals surface area contributed by atoms with E-state index in [2.05, 4.69) is 29.6 Å². The summed E-state index contributed by atoms with van der Waals surface area (Å²) in [5.41, 5.74) is 3.43. The van der Waals surface area contributed by atoms with Crippen LogP contribution in [0.2, 0.25) is 0 Å². The Kier molecular flexibility index (Phi) is 6.35. The summed E-state index contributed by atoms with van der Waals surface area (Å²) in [6.45, 7) is 2.04. The highest BCUT2D eigenvalue weighted by molar-refractivity contribution is 7.99. The van der Waals surface area contributed by atoms with Gasteiger partial charge in [0.1, 0.15) is 0 Å². The predicted octanol–water partition coefficient (Wildman–Crippen LogP) is 4.30. The van der Waals surface area contributed by atoms with Crippen LogP contribution in [0.3, 0.4) is 0 Å². The minimum Gasteiger partial charge on any atom is -0.325 e. The monoisotopic (exact) mass is 299 g/mol. The summed E-state index contributed by atoms with van der Waals surface area (Å²) in [5.74, 6) is 1.60. The number of aryl methyl sites for hydroxylation is 2. The summed E-state index contributed by atoms with van der Waals surface area (Å²) >= 11 is 1.69. The molecule has 0 atom stereocenters. The lowest BCUT2D eigenvalue weighted by atomic mass is 10.1. The quantitative estimate of drug-likeness (QED) is 0.772. The van der Waals surface area contributed by atoms with Crippen LogP contribution in [0.5, 0.6) is 0 Å². The third-order valence-electron chi connectivity index (χ3n) is 3.17. The first-order valence-corrected chi connectivity index (χ1v) is 8.38. The van der Waals surface area contributed by atoms with E-state index in [-0.39, 0.29) is 5.91 Å². The van der Waals surface area contributed by atoms with E-state index in [9.17, 15) is 4.79 Å². The highest BCUT2D eigenvalue weighted by atomic mass is 32.2. The van der Waals surface area contributed by atoms with Gasteiger partial charge in [-0.2, -0.15) is 11.8 Å². The molecule has 21 heavy (non-hydrogen) atoms. The van der Waals surface area contributed by atoms with E-state index in [4.69, 9.17) is 0 Å². The molecular formula is C18H21NOS. The number of thioether (sulfide) groups is 1. The number of rotatable bonds is 7. The Hall–Kier alpha value is -1.74. The smallest absolute Gasteiger partial charge is 0.234 e. The van der Waals surface area contributed by atoms with Crippen LogP contribution in [0, 0.1) is 6.92 Å². The topological polar surface area (TPSA) is 29.1 Å². The van der Waals surface area contributed by atoms with E-state index in [1.807, 2.05) is 37.3 Å². The lowest BCUT2D eigenvalue weighted by molar-refractivity contribution is -0.113. The number of benzene rings is 2. The molecule has 0 aliphatic rings. The third kappa shape index (κ3) is 6.05. The van der Waals surface area contributed by atoms with Crippen molar-refractivity contribution in [2.45, 2.75) is 19.8 Å². The van der Waals surface area contributed by atoms with Crippen LogP contribution in [0.4, 0.5) is 5.69 Å². The van der Waals surface area contributed by atoms with Gasteiger partial charge in [0.25, 0.3) is 0 Å². The second kappa shape index (κ2) is 8.53. The number of carbonyl (C=O) groups is 1. The van der Waals surface area contributed by atoms with Crippen LogP contribution in [0.1, 0.15) is 17.5 Å². The maximum absolute atomic E-state index is 11.8. The van der Waals surface area contributed by atoms with Crippen LogP contribution in [0.15, 0.2) is 54.6 Å². The molecule has 0 saturated heterocycles. The molecule has 0 aromatic heterocycles. The van der Waals surface area contributed by atoms with Gasteiger partial charge in [0, 0.05) is 5.69 Å². The zero-order valence-electron chi connectivity index (χ0n) is 12.3. The van der Waals surface area contributed by atoms with Gasteiger partial charge in [-0.05, 0) is 43.2 Å². The summed E-state index contributed by atoms with van der Waals surface area (Å²) in [5, 5.41) is 2.92. The third-order valence-corrected chi connectivity index (χ3v) is 4.21. The molecule has 2 aromatic rings. The largest absolute Gasteiger partial charge is 0.325 e. The normalized spacial score (nSPS) is 10.3. The maximum Gasteiger partial charge on any atom is 0.234 e. The molecule has 0 fully saturated rings. The Morgan fingerprint density at radius 2 is 1.76 bits per heavy atom. The van der Waals surface area contributed by atoms with Crippen molar-refractivity contribution >= 4 is 23.4 Å². The van der Waals surface area contributed by atoms with Crippen molar-refractivity contribution in [1.29, 1.82) is 0 Å². The van der Waals surface area contributed by atoms with Gasteiger partial charge in [-0.25, -0.2) is 0 Å². The Labute approximate surface area is 131 Å². The lowest BCUT2D eigenvalue weighted by Gasteiger charge is -2.05. The van der Waals surface area contributed by atoms with Crippen LogP contribution in [-0.4, -0.2) is 17.4 Å². The fourth-order valence-electron chi connectivity index (χ4n) is 2.02. The Bertz CT molecular complexity index is 551. The van der Waals surface area contributed by atoms with Gasteiger partial charge in [-0.15, -0.1) is 0 Å². The van der Waals surface area contributed by atoms with Gasteiger partial charge in [0.15, 0.2) is 0 Å². The van der Waals surface area contributed by atoms with E-state index in [1.165, 1.54) is 11.1 Å². The van der Waals surface area contributed by atoms with E-state index < -0.39 is 0 Å². The van der Waals surface area contributed by atoms with Crippen LogP contribution < -0.4 is 5.32 Å². The number of hydrogen-bond donors (Lipinski definition) is 1. The fourth-order valence-corrected chi connectivity index (χ4v) is 2.77. The Morgan fingerprint density at radius 1 is 1.05 bits per heavy atom. The number of carbonyl (C=O) groups excluding carboxylic acids is 1. The summed E-state index contributed by atoms with van der Waals surface area (Å²) in [4.78, 5) is 11.8. The van der Waals surface area contributed by atoms with Crippen LogP contribution in [-0.2, 0) is 11.2 Å². The van der Waals surface area contributed by atoms with Crippen molar-refractivity contribution in [2.24, 2.45) is 0 Å².